The third-order valence-corrected chi connectivity index (χ3v) is 3.32. The highest BCUT2D eigenvalue weighted by Gasteiger charge is 2.12. The van der Waals surface area contributed by atoms with E-state index in [2.05, 4.69) is 17.2 Å². The van der Waals surface area contributed by atoms with Gasteiger partial charge < -0.3 is 9.88 Å². The molecule has 0 fully saturated rings. The predicted molar refractivity (Wildman–Crippen MR) is 81.0 cm³/mol. The number of hydrogen-bond acceptors (Lipinski definition) is 4. The number of nitrogens with one attached hydrogen (secondary N) is 1. The average molecular weight is 288 g/mol. The van der Waals surface area contributed by atoms with Crippen LogP contribution < -0.4 is 5.32 Å². The van der Waals surface area contributed by atoms with Crippen LogP contribution >= 0.6 is 0 Å². The topological polar surface area (TPSA) is 73.0 Å². The van der Waals surface area contributed by atoms with Crippen molar-refractivity contribution in [2.75, 3.05) is 6.54 Å². The number of nitro groups is 1. The molecule has 6 heteroatoms. The van der Waals surface area contributed by atoms with Gasteiger partial charge in [-0.05, 0) is 19.4 Å². The monoisotopic (exact) mass is 288 g/mol. The van der Waals surface area contributed by atoms with E-state index in [9.17, 15) is 10.1 Å². The maximum absolute atomic E-state index is 11.0. The van der Waals surface area contributed by atoms with Crippen LogP contribution in [0.5, 0.6) is 0 Å². The van der Waals surface area contributed by atoms with Gasteiger partial charge in [-0.1, -0.05) is 25.1 Å². The van der Waals surface area contributed by atoms with Gasteiger partial charge in [0.05, 0.1) is 11.5 Å². The third kappa shape index (κ3) is 4.13. The Morgan fingerprint density at radius 1 is 1.38 bits per heavy atom. The van der Waals surface area contributed by atoms with Crippen LogP contribution in [0.1, 0.15) is 24.7 Å². The lowest BCUT2D eigenvalue weighted by Gasteiger charge is -2.09. The maximum Gasteiger partial charge on any atom is 0.272 e. The minimum absolute atomic E-state index is 0.184. The van der Waals surface area contributed by atoms with Gasteiger partial charge >= 0.3 is 0 Å². The summed E-state index contributed by atoms with van der Waals surface area (Å²) >= 11 is 0. The van der Waals surface area contributed by atoms with E-state index in [1.54, 1.807) is 18.3 Å². The highest BCUT2D eigenvalue weighted by atomic mass is 16.6. The summed E-state index contributed by atoms with van der Waals surface area (Å²) in [6, 6.07) is 6.88. The lowest BCUT2D eigenvalue weighted by Crippen LogP contribution is -2.18. The molecule has 0 saturated carbocycles. The van der Waals surface area contributed by atoms with E-state index in [0.717, 1.165) is 30.9 Å². The van der Waals surface area contributed by atoms with E-state index in [1.165, 1.54) is 0 Å². The van der Waals surface area contributed by atoms with Gasteiger partial charge in [0.15, 0.2) is 0 Å². The van der Waals surface area contributed by atoms with Crippen LogP contribution in [0.3, 0.4) is 0 Å². The molecule has 0 amide bonds. The molecule has 2 aromatic rings. The third-order valence-electron chi connectivity index (χ3n) is 3.32. The van der Waals surface area contributed by atoms with E-state index in [1.807, 2.05) is 22.9 Å². The van der Waals surface area contributed by atoms with Gasteiger partial charge in [0.1, 0.15) is 5.82 Å². The van der Waals surface area contributed by atoms with Gasteiger partial charge in [0, 0.05) is 30.6 Å². The van der Waals surface area contributed by atoms with Crippen LogP contribution in [-0.4, -0.2) is 21.0 Å². The Morgan fingerprint density at radius 3 is 2.95 bits per heavy atom. The van der Waals surface area contributed by atoms with E-state index >= 15 is 0 Å². The lowest BCUT2D eigenvalue weighted by molar-refractivity contribution is -0.385. The predicted octanol–water partition coefficient (Wildman–Crippen LogP) is 2.53. The Morgan fingerprint density at radius 2 is 2.19 bits per heavy atom. The number of aryl methyl sites for hydroxylation is 2. The number of benzene rings is 1. The SMILES string of the molecule is CCCNCc1nccn1CCc1ccccc1[N+](=O)[O-]. The minimum atomic E-state index is -0.326. The second-order valence-electron chi connectivity index (χ2n) is 4.85. The first-order valence-corrected chi connectivity index (χ1v) is 7.15. The molecule has 21 heavy (non-hydrogen) atoms. The molecular formula is C15H20N4O2. The molecule has 1 aromatic carbocycles. The second-order valence-corrected chi connectivity index (χ2v) is 4.85. The summed E-state index contributed by atoms with van der Waals surface area (Å²) in [7, 11) is 0. The molecule has 0 saturated heterocycles. The maximum atomic E-state index is 11.0. The second kappa shape index (κ2) is 7.54. The van der Waals surface area contributed by atoms with E-state index < -0.39 is 0 Å². The Balaban J connectivity index is 2.00. The fraction of sp³-hybridized carbons (Fsp3) is 0.400. The number of para-hydroxylation sites is 1. The summed E-state index contributed by atoms with van der Waals surface area (Å²) in [5.41, 5.74) is 0.937. The number of aromatic nitrogens is 2. The number of nitrogens with zero attached hydrogens (tertiary/aromatic N) is 3. The molecule has 1 heterocycles. The van der Waals surface area contributed by atoms with Crippen molar-refractivity contribution in [1.29, 1.82) is 0 Å². The van der Waals surface area contributed by atoms with Crippen LogP contribution in [0.25, 0.3) is 0 Å². The molecular weight excluding hydrogens is 268 g/mol. The highest BCUT2D eigenvalue weighted by Crippen LogP contribution is 2.18. The summed E-state index contributed by atoms with van der Waals surface area (Å²) in [6.07, 6.45) is 5.38. The Bertz CT molecular complexity index is 595. The number of imidazole rings is 1. The van der Waals surface area contributed by atoms with Gasteiger partial charge in [0.25, 0.3) is 5.69 Å². The van der Waals surface area contributed by atoms with Gasteiger partial charge in [0.2, 0.25) is 0 Å². The number of rotatable bonds is 8. The summed E-state index contributed by atoms with van der Waals surface area (Å²) < 4.78 is 2.04. The van der Waals surface area contributed by atoms with Crippen LogP contribution in [-0.2, 0) is 19.5 Å². The Hall–Kier alpha value is -2.21. The summed E-state index contributed by atoms with van der Waals surface area (Å²) in [5.74, 6) is 0.960. The van der Waals surface area contributed by atoms with Crippen LogP contribution in [0.15, 0.2) is 36.7 Å². The van der Waals surface area contributed by atoms with Gasteiger partial charge in [-0.2, -0.15) is 0 Å². The van der Waals surface area contributed by atoms with E-state index in [-0.39, 0.29) is 10.6 Å². The average Bonchev–Trinajstić information content (AvgIpc) is 2.93. The first-order valence-electron chi connectivity index (χ1n) is 7.15. The highest BCUT2D eigenvalue weighted by molar-refractivity contribution is 5.39. The summed E-state index contributed by atoms with van der Waals surface area (Å²) in [6.45, 7) is 4.48. The molecule has 6 nitrogen and oxygen atoms in total. The van der Waals surface area contributed by atoms with Crippen LogP contribution in [0.2, 0.25) is 0 Å². The van der Waals surface area contributed by atoms with Crippen molar-refractivity contribution in [2.24, 2.45) is 0 Å². The number of nitro benzene ring substituents is 1. The molecule has 1 aromatic heterocycles. The van der Waals surface area contributed by atoms with Crippen molar-refractivity contribution in [3.8, 4) is 0 Å². The molecule has 0 aliphatic carbocycles. The normalized spacial score (nSPS) is 10.7. The Labute approximate surface area is 124 Å². The molecule has 0 bridgehead atoms. The molecule has 0 unspecified atom stereocenters. The fourth-order valence-electron chi connectivity index (χ4n) is 2.23. The van der Waals surface area contributed by atoms with Gasteiger partial charge in [-0.25, -0.2) is 4.98 Å². The molecule has 0 atom stereocenters. The van der Waals surface area contributed by atoms with Crippen molar-refractivity contribution in [3.05, 3.63) is 58.2 Å². The Kier molecular flexibility index (Phi) is 5.45. The lowest BCUT2D eigenvalue weighted by atomic mass is 10.1. The molecule has 112 valence electrons. The van der Waals surface area contributed by atoms with Crippen LogP contribution in [0.4, 0.5) is 5.69 Å². The van der Waals surface area contributed by atoms with Crippen molar-refractivity contribution in [2.45, 2.75) is 32.9 Å². The standard InChI is InChI=1S/C15H20N4O2/c1-2-8-16-12-15-17-9-11-18(15)10-7-13-5-3-4-6-14(13)19(20)21/h3-6,9,11,16H,2,7-8,10,12H2,1H3. The zero-order valence-corrected chi connectivity index (χ0v) is 12.2. The zero-order chi connectivity index (χ0) is 15.1. The molecule has 0 aliphatic rings. The first-order chi connectivity index (χ1) is 10.2. The first kappa shape index (κ1) is 15.2. The molecule has 2 rings (SSSR count). The van der Waals surface area contributed by atoms with Crippen molar-refractivity contribution in [3.63, 3.8) is 0 Å². The zero-order valence-electron chi connectivity index (χ0n) is 12.2. The smallest absolute Gasteiger partial charge is 0.272 e. The van der Waals surface area contributed by atoms with Crippen molar-refractivity contribution < 1.29 is 4.92 Å². The number of hydrogen-bond donors (Lipinski definition) is 1. The molecule has 0 aliphatic heterocycles. The molecule has 0 spiro atoms. The van der Waals surface area contributed by atoms with E-state index in [4.69, 9.17) is 0 Å². The molecule has 1 N–H and O–H groups in total. The fourth-order valence-corrected chi connectivity index (χ4v) is 2.23. The molecule has 0 radical (unpaired) electrons. The minimum Gasteiger partial charge on any atom is -0.334 e. The summed E-state index contributed by atoms with van der Waals surface area (Å²) in [5, 5.41) is 14.3. The van der Waals surface area contributed by atoms with E-state index in [0.29, 0.717) is 13.0 Å². The van der Waals surface area contributed by atoms with Gasteiger partial charge in [-0.3, -0.25) is 10.1 Å². The van der Waals surface area contributed by atoms with Crippen molar-refractivity contribution in [1.82, 2.24) is 14.9 Å². The largest absolute Gasteiger partial charge is 0.334 e. The van der Waals surface area contributed by atoms with Gasteiger partial charge in [-0.15, -0.1) is 0 Å². The summed E-state index contributed by atoms with van der Waals surface area (Å²) in [4.78, 5) is 15.0. The quantitative estimate of drug-likeness (QED) is 0.460. The van der Waals surface area contributed by atoms with Crippen molar-refractivity contribution >= 4 is 5.69 Å². The van der Waals surface area contributed by atoms with Crippen LogP contribution in [0, 0.1) is 10.1 Å².